The van der Waals surface area contributed by atoms with Crippen molar-refractivity contribution < 1.29 is 14.4 Å². The standard InChI is InChI=1S/C27H24N6O3/c28-25(35)21(18-4-2-1-3-5-18)15-19-16-31-26-24(19)22(10-11-29-26)32-23(34)14-17-6-8-20(9-7-17)33-13-12-30-27(33)36/h1-11,15-16H,12-14H2,(H2,28,35)(H,30,36)(H2,29,31,32,34). The average Bonchev–Trinajstić information content (AvgIpc) is 3.50. The lowest BCUT2D eigenvalue weighted by Crippen LogP contribution is -2.27. The van der Waals surface area contributed by atoms with Gasteiger partial charge in [-0.2, -0.15) is 0 Å². The molecule has 0 bridgehead atoms. The number of rotatable bonds is 7. The van der Waals surface area contributed by atoms with E-state index in [0.29, 0.717) is 46.5 Å². The Balaban J connectivity index is 1.38. The molecule has 36 heavy (non-hydrogen) atoms. The van der Waals surface area contributed by atoms with E-state index in [1.165, 1.54) is 0 Å². The molecule has 1 saturated heterocycles. The van der Waals surface area contributed by atoms with Crippen molar-refractivity contribution in [2.75, 3.05) is 23.3 Å². The third-order valence-corrected chi connectivity index (χ3v) is 6.00. The molecule has 5 rings (SSSR count). The van der Waals surface area contributed by atoms with Crippen LogP contribution in [-0.2, 0) is 16.0 Å². The smallest absolute Gasteiger partial charge is 0.321 e. The number of urea groups is 1. The highest BCUT2D eigenvalue weighted by Gasteiger charge is 2.21. The van der Waals surface area contributed by atoms with Gasteiger partial charge in [0.2, 0.25) is 11.8 Å². The van der Waals surface area contributed by atoms with E-state index in [1.54, 1.807) is 29.4 Å². The third kappa shape index (κ3) is 4.67. The molecule has 2 aromatic heterocycles. The molecule has 0 unspecified atom stereocenters. The van der Waals surface area contributed by atoms with Gasteiger partial charge in [0, 0.05) is 47.7 Å². The second kappa shape index (κ2) is 9.75. The maximum Gasteiger partial charge on any atom is 0.321 e. The number of aromatic amines is 1. The van der Waals surface area contributed by atoms with E-state index < -0.39 is 5.91 Å². The molecule has 0 aliphatic carbocycles. The van der Waals surface area contributed by atoms with E-state index in [0.717, 1.165) is 11.3 Å². The Morgan fingerprint density at radius 3 is 2.56 bits per heavy atom. The number of aromatic nitrogens is 2. The van der Waals surface area contributed by atoms with Crippen LogP contribution in [0.3, 0.4) is 0 Å². The minimum atomic E-state index is -0.556. The van der Waals surface area contributed by atoms with Gasteiger partial charge in [0.05, 0.1) is 12.1 Å². The monoisotopic (exact) mass is 480 g/mol. The Kier molecular flexibility index (Phi) is 6.19. The lowest BCUT2D eigenvalue weighted by molar-refractivity contribution is -0.115. The number of nitrogens with zero attached hydrogens (tertiary/aromatic N) is 2. The molecular formula is C27H24N6O3. The largest absolute Gasteiger partial charge is 0.366 e. The van der Waals surface area contributed by atoms with Crippen LogP contribution < -0.4 is 21.3 Å². The van der Waals surface area contributed by atoms with Crippen molar-refractivity contribution in [2.24, 2.45) is 5.73 Å². The zero-order chi connectivity index (χ0) is 25.1. The van der Waals surface area contributed by atoms with Gasteiger partial charge in [0.25, 0.3) is 0 Å². The van der Waals surface area contributed by atoms with Crippen molar-refractivity contribution in [3.63, 3.8) is 0 Å². The predicted molar refractivity (Wildman–Crippen MR) is 139 cm³/mol. The summed E-state index contributed by atoms with van der Waals surface area (Å²) >= 11 is 0. The Labute approximate surface area is 207 Å². The second-order valence-electron chi connectivity index (χ2n) is 8.39. The van der Waals surface area contributed by atoms with E-state index in [4.69, 9.17) is 5.73 Å². The van der Waals surface area contributed by atoms with Gasteiger partial charge in [-0.05, 0) is 35.4 Å². The zero-order valence-electron chi connectivity index (χ0n) is 19.3. The molecule has 1 aliphatic heterocycles. The van der Waals surface area contributed by atoms with Crippen molar-refractivity contribution in [3.05, 3.63) is 89.7 Å². The van der Waals surface area contributed by atoms with E-state index in [1.807, 2.05) is 54.6 Å². The predicted octanol–water partition coefficient (Wildman–Crippen LogP) is 3.30. The van der Waals surface area contributed by atoms with Crippen LogP contribution in [0.5, 0.6) is 0 Å². The Morgan fingerprint density at radius 1 is 1.08 bits per heavy atom. The van der Waals surface area contributed by atoms with Crippen molar-refractivity contribution in [1.29, 1.82) is 0 Å². The maximum atomic E-state index is 12.9. The minimum absolute atomic E-state index is 0.120. The lowest BCUT2D eigenvalue weighted by Gasteiger charge is -2.14. The van der Waals surface area contributed by atoms with Gasteiger partial charge < -0.3 is 21.4 Å². The number of hydrogen-bond acceptors (Lipinski definition) is 4. The first-order valence-electron chi connectivity index (χ1n) is 11.5. The fourth-order valence-corrected chi connectivity index (χ4v) is 4.26. The van der Waals surface area contributed by atoms with Crippen molar-refractivity contribution in [1.82, 2.24) is 15.3 Å². The first-order chi connectivity index (χ1) is 17.5. The summed E-state index contributed by atoms with van der Waals surface area (Å²) in [6, 6.07) is 18.1. The molecule has 1 aliphatic rings. The summed E-state index contributed by atoms with van der Waals surface area (Å²) in [5.74, 6) is -0.761. The van der Waals surface area contributed by atoms with Crippen LogP contribution in [0.2, 0.25) is 0 Å². The first-order valence-corrected chi connectivity index (χ1v) is 11.5. The number of carbonyl (C=O) groups excluding carboxylic acids is 3. The number of benzene rings is 2. The molecule has 180 valence electrons. The van der Waals surface area contributed by atoms with E-state index >= 15 is 0 Å². The molecule has 3 heterocycles. The van der Waals surface area contributed by atoms with Crippen molar-refractivity contribution >= 4 is 51.9 Å². The Hall–Kier alpha value is -4.92. The van der Waals surface area contributed by atoms with Gasteiger partial charge >= 0.3 is 6.03 Å². The summed E-state index contributed by atoms with van der Waals surface area (Å²) in [6.45, 7) is 1.23. The van der Waals surface area contributed by atoms with Crippen LogP contribution in [-0.4, -0.2) is 40.9 Å². The summed E-state index contributed by atoms with van der Waals surface area (Å²) in [6.07, 6.45) is 5.18. The average molecular weight is 481 g/mol. The number of H-pyrrole nitrogens is 1. The molecule has 9 nitrogen and oxygen atoms in total. The van der Waals surface area contributed by atoms with Crippen LogP contribution >= 0.6 is 0 Å². The van der Waals surface area contributed by atoms with Gasteiger partial charge in [-0.3, -0.25) is 14.5 Å². The molecule has 2 aromatic carbocycles. The number of pyridine rings is 1. The third-order valence-electron chi connectivity index (χ3n) is 6.00. The summed E-state index contributed by atoms with van der Waals surface area (Å²) in [4.78, 5) is 46.0. The van der Waals surface area contributed by atoms with Crippen molar-refractivity contribution in [3.8, 4) is 0 Å². The van der Waals surface area contributed by atoms with Crippen LogP contribution in [0.1, 0.15) is 16.7 Å². The molecule has 4 amide bonds. The minimum Gasteiger partial charge on any atom is -0.366 e. The van der Waals surface area contributed by atoms with Crippen LogP contribution in [0.4, 0.5) is 16.2 Å². The normalized spacial score (nSPS) is 13.6. The number of primary amides is 1. The molecule has 9 heteroatoms. The quantitative estimate of drug-likeness (QED) is 0.302. The Morgan fingerprint density at radius 2 is 1.86 bits per heavy atom. The highest BCUT2D eigenvalue weighted by atomic mass is 16.2. The number of amides is 4. The molecule has 0 saturated carbocycles. The summed E-state index contributed by atoms with van der Waals surface area (Å²) in [5.41, 5.74) is 10.1. The lowest BCUT2D eigenvalue weighted by atomic mass is 10.0. The highest BCUT2D eigenvalue weighted by Crippen LogP contribution is 2.29. The van der Waals surface area contributed by atoms with Gasteiger partial charge in [-0.15, -0.1) is 0 Å². The van der Waals surface area contributed by atoms with Crippen LogP contribution in [0, 0.1) is 0 Å². The SMILES string of the molecule is NC(=O)C(=Cc1c[nH]c2nccc(NC(=O)Cc3ccc(N4CCNC4=O)cc3)c12)c1ccccc1. The maximum absolute atomic E-state index is 12.9. The summed E-state index contributed by atoms with van der Waals surface area (Å²) in [5, 5.41) is 6.41. The first kappa shape index (κ1) is 22.9. The fourth-order valence-electron chi connectivity index (χ4n) is 4.26. The van der Waals surface area contributed by atoms with Gasteiger partial charge in [-0.1, -0.05) is 42.5 Å². The second-order valence-corrected chi connectivity index (χ2v) is 8.39. The molecular weight excluding hydrogens is 456 g/mol. The topological polar surface area (TPSA) is 133 Å². The molecule has 5 N–H and O–H groups in total. The van der Waals surface area contributed by atoms with Crippen molar-refractivity contribution in [2.45, 2.75) is 6.42 Å². The van der Waals surface area contributed by atoms with Gasteiger partial charge in [0.1, 0.15) is 5.65 Å². The number of anilines is 2. The molecule has 4 aromatic rings. The number of fused-ring (bicyclic) bond motifs is 1. The van der Waals surface area contributed by atoms with Gasteiger partial charge in [0.15, 0.2) is 0 Å². The van der Waals surface area contributed by atoms with Gasteiger partial charge in [-0.25, -0.2) is 9.78 Å². The summed E-state index contributed by atoms with van der Waals surface area (Å²) in [7, 11) is 0. The molecule has 0 atom stereocenters. The van der Waals surface area contributed by atoms with Crippen LogP contribution in [0.15, 0.2) is 73.1 Å². The molecule has 1 fully saturated rings. The number of nitrogens with one attached hydrogen (secondary N) is 3. The number of hydrogen-bond donors (Lipinski definition) is 4. The Bertz CT molecular complexity index is 1470. The van der Waals surface area contributed by atoms with Crippen LogP contribution in [0.25, 0.3) is 22.7 Å². The zero-order valence-corrected chi connectivity index (χ0v) is 19.3. The van der Waals surface area contributed by atoms with E-state index in [9.17, 15) is 14.4 Å². The molecule has 0 radical (unpaired) electrons. The van der Waals surface area contributed by atoms with E-state index in [-0.39, 0.29) is 18.4 Å². The number of carbonyl (C=O) groups is 3. The number of nitrogens with two attached hydrogens (primary N) is 1. The van der Waals surface area contributed by atoms with E-state index in [2.05, 4.69) is 20.6 Å². The highest BCUT2D eigenvalue weighted by molar-refractivity contribution is 6.24. The summed E-state index contributed by atoms with van der Waals surface area (Å²) < 4.78 is 0. The fraction of sp³-hybridized carbons (Fsp3) is 0.111. The molecule has 0 spiro atoms.